The number of fused-ring (bicyclic) bond motifs is 1. The molecule has 2 heterocycles. The van der Waals surface area contributed by atoms with Gasteiger partial charge in [-0.1, -0.05) is 29.5 Å². The Labute approximate surface area is 229 Å². The number of carbonyl (C=O) groups excluding carboxylic acids is 2. The summed E-state index contributed by atoms with van der Waals surface area (Å²) in [6.07, 6.45) is 1.71. The van der Waals surface area contributed by atoms with Gasteiger partial charge in [0.1, 0.15) is 5.75 Å². The summed E-state index contributed by atoms with van der Waals surface area (Å²) >= 11 is 1.21. The zero-order valence-corrected chi connectivity index (χ0v) is 23.3. The number of hydrogen-bond acceptors (Lipinski definition) is 9. The molecule has 0 N–H and O–H groups in total. The molecular formula is C29H30N2O7S. The van der Waals surface area contributed by atoms with Crippen molar-refractivity contribution in [1.29, 1.82) is 0 Å². The second kappa shape index (κ2) is 12.1. The lowest BCUT2D eigenvalue weighted by molar-refractivity contribution is -0.139. The molecule has 3 aromatic rings. The number of hydrogen-bond donors (Lipinski definition) is 0. The average Bonchev–Trinajstić information content (AvgIpc) is 3.18. The van der Waals surface area contributed by atoms with Crippen molar-refractivity contribution in [3.05, 3.63) is 84.5 Å². The third-order valence-corrected chi connectivity index (χ3v) is 6.80. The molecule has 0 aliphatic carbocycles. The molecule has 0 radical (unpaired) electrons. The van der Waals surface area contributed by atoms with Crippen LogP contribution in [0.3, 0.4) is 0 Å². The number of benzene rings is 2. The fraction of sp³-hybridized carbons (Fsp3) is 0.310. The largest absolute Gasteiger partial charge is 0.490 e. The molecule has 0 saturated carbocycles. The standard InChI is InChI=1S/C29H30N2O7S/c1-6-35-22-13-12-20(16-23(22)36-7-2)26-25(28(34)37-8-3)17(4)30-29-31(26)27(33)24(39-29)15-19-10-9-11-21(14-19)38-18(5)32/h9-16,26H,6-8H2,1-5H3/b24-15-/t26-/m0/s1. The summed E-state index contributed by atoms with van der Waals surface area (Å²) in [4.78, 5) is 43.4. The molecule has 0 unspecified atom stereocenters. The Kier molecular flexibility index (Phi) is 8.65. The van der Waals surface area contributed by atoms with E-state index in [-0.39, 0.29) is 17.7 Å². The number of esters is 2. The highest BCUT2D eigenvalue weighted by Gasteiger charge is 2.34. The fourth-order valence-corrected chi connectivity index (χ4v) is 5.38. The van der Waals surface area contributed by atoms with Gasteiger partial charge >= 0.3 is 11.9 Å². The van der Waals surface area contributed by atoms with Crippen molar-refractivity contribution in [2.24, 2.45) is 4.99 Å². The molecule has 0 fully saturated rings. The lowest BCUT2D eigenvalue weighted by Crippen LogP contribution is -2.40. The maximum atomic E-state index is 13.8. The highest BCUT2D eigenvalue weighted by molar-refractivity contribution is 7.07. The SMILES string of the molecule is CCOC(=O)C1=C(C)N=c2s/c(=C\c3cccc(OC(C)=O)c3)c(=O)n2[C@H]1c1ccc(OCC)c(OCC)c1. The van der Waals surface area contributed by atoms with Crippen molar-refractivity contribution < 1.29 is 28.5 Å². The normalized spacial score (nSPS) is 14.9. The monoisotopic (exact) mass is 550 g/mol. The Hall–Kier alpha value is -4.18. The van der Waals surface area contributed by atoms with Gasteiger partial charge in [0.05, 0.1) is 41.7 Å². The van der Waals surface area contributed by atoms with Crippen LogP contribution in [-0.2, 0) is 14.3 Å². The molecule has 0 saturated heterocycles. The first kappa shape index (κ1) is 27.8. The molecule has 1 atom stereocenters. The third kappa shape index (κ3) is 5.96. The van der Waals surface area contributed by atoms with Crippen molar-refractivity contribution in [1.82, 2.24) is 4.57 Å². The summed E-state index contributed by atoms with van der Waals surface area (Å²) in [7, 11) is 0. The van der Waals surface area contributed by atoms with Crippen LogP contribution in [0.1, 0.15) is 51.8 Å². The van der Waals surface area contributed by atoms with Gasteiger partial charge in [0.25, 0.3) is 5.56 Å². The number of carbonyl (C=O) groups is 2. The second-order valence-electron chi connectivity index (χ2n) is 8.54. The van der Waals surface area contributed by atoms with Gasteiger partial charge in [0.15, 0.2) is 16.3 Å². The minimum Gasteiger partial charge on any atom is -0.490 e. The Morgan fingerprint density at radius 1 is 1.03 bits per heavy atom. The van der Waals surface area contributed by atoms with Gasteiger partial charge < -0.3 is 18.9 Å². The Bertz CT molecular complexity index is 1620. The molecule has 204 valence electrons. The maximum Gasteiger partial charge on any atom is 0.338 e. The van der Waals surface area contributed by atoms with Gasteiger partial charge in [0, 0.05) is 6.92 Å². The molecule has 0 spiro atoms. The van der Waals surface area contributed by atoms with Gasteiger partial charge in [-0.15, -0.1) is 0 Å². The van der Waals surface area contributed by atoms with E-state index in [1.54, 1.807) is 56.3 Å². The van der Waals surface area contributed by atoms with Crippen LogP contribution in [0.2, 0.25) is 0 Å². The molecular weight excluding hydrogens is 520 g/mol. The summed E-state index contributed by atoms with van der Waals surface area (Å²) in [6, 6.07) is 11.5. The van der Waals surface area contributed by atoms with E-state index in [4.69, 9.17) is 18.9 Å². The van der Waals surface area contributed by atoms with Crippen LogP contribution < -0.4 is 29.1 Å². The Balaban J connectivity index is 1.92. The van der Waals surface area contributed by atoms with Gasteiger partial charge in [0.2, 0.25) is 0 Å². The van der Waals surface area contributed by atoms with Crippen molar-refractivity contribution in [2.45, 2.75) is 40.7 Å². The van der Waals surface area contributed by atoms with Crippen LogP contribution >= 0.6 is 11.3 Å². The zero-order chi connectivity index (χ0) is 28.1. The molecule has 2 aromatic carbocycles. The first-order chi connectivity index (χ1) is 18.8. The van der Waals surface area contributed by atoms with Crippen LogP contribution in [0, 0.1) is 0 Å². The lowest BCUT2D eigenvalue weighted by atomic mass is 9.95. The number of nitrogens with zero attached hydrogens (tertiary/aromatic N) is 2. The van der Waals surface area contributed by atoms with Crippen molar-refractivity contribution in [3.8, 4) is 17.2 Å². The topological polar surface area (TPSA) is 105 Å². The van der Waals surface area contributed by atoms with Crippen molar-refractivity contribution in [3.63, 3.8) is 0 Å². The first-order valence-corrected chi connectivity index (χ1v) is 13.5. The van der Waals surface area contributed by atoms with E-state index < -0.39 is 18.0 Å². The molecule has 39 heavy (non-hydrogen) atoms. The highest BCUT2D eigenvalue weighted by Crippen LogP contribution is 2.36. The summed E-state index contributed by atoms with van der Waals surface area (Å²) in [5, 5.41) is 0. The summed E-state index contributed by atoms with van der Waals surface area (Å²) < 4.78 is 24.0. The van der Waals surface area contributed by atoms with Gasteiger partial charge in [-0.25, -0.2) is 9.79 Å². The smallest absolute Gasteiger partial charge is 0.338 e. The number of rotatable bonds is 9. The Morgan fingerprint density at radius 3 is 2.46 bits per heavy atom. The molecule has 0 bridgehead atoms. The quantitative estimate of drug-likeness (QED) is 0.297. The van der Waals surface area contributed by atoms with Gasteiger partial charge in [-0.05, 0) is 69.2 Å². The first-order valence-electron chi connectivity index (χ1n) is 12.6. The number of aromatic nitrogens is 1. The molecule has 4 rings (SSSR count). The zero-order valence-electron chi connectivity index (χ0n) is 22.5. The summed E-state index contributed by atoms with van der Waals surface area (Å²) in [6.45, 7) is 9.59. The molecule has 1 aromatic heterocycles. The van der Waals surface area contributed by atoms with Gasteiger partial charge in [-0.2, -0.15) is 0 Å². The minimum atomic E-state index is -0.787. The average molecular weight is 551 g/mol. The van der Waals surface area contributed by atoms with Crippen molar-refractivity contribution >= 4 is 29.4 Å². The molecule has 10 heteroatoms. The van der Waals surface area contributed by atoms with Gasteiger partial charge in [-0.3, -0.25) is 14.2 Å². The van der Waals surface area contributed by atoms with Crippen molar-refractivity contribution in [2.75, 3.05) is 19.8 Å². The van der Waals surface area contributed by atoms with E-state index in [0.717, 1.165) is 0 Å². The van der Waals surface area contributed by atoms with Crippen LogP contribution in [0.25, 0.3) is 6.08 Å². The third-order valence-electron chi connectivity index (χ3n) is 5.82. The Morgan fingerprint density at radius 2 is 1.77 bits per heavy atom. The fourth-order valence-electron chi connectivity index (χ4n) is 4.33. The van der Waals surface area contributed by atoms with Crippen LogP contribution in [0.5, 0.6) is 17.2 Å². The second-order valence-corrected chi connectivity index (χ2v) is 9.55. The predicted molar refractivity (Wildman–Crippen MR) is 147 cm³/mol. The maximum absolute atomic E-state index is 13.8. The van der Waals surface area contributed by atoms with E-state index in [2.05, 4.69) is 4.99 Å². The van der Waals surface area contributed by atoms with E-state index in [1.165, 1.54) is 22.8 Å². The van der Waals surface area contributed by atoms with Crippen LogP contribution in [0.15, 0.2) is 63.5 Å². The molecule has 0 amide bonds. The predicted octanol–water partition coefficient (Wildman–Crippen LogP) is 3.52. The minimum absolute atomic E-state index is 0.179. The molecule has 9 nitrogen and oxygen atoms in total. The molecule has 1 aliphatic heterocycles. The number of allylic oxidation sites excluding steroid dienone is 1. The summed E-state index contributed by atoms with van der Waals surface area (Å²) in [5.74, 6) is 0.482. The lowest BCUT2D eigenvalue weighted by Gasteiger charge is -2.25. The summed E-state index contributed by atoms with van der Waals surface area (Å²) in [5.41, 5.74) is 1.76. The highest BCUT2D eigenvalue weighted by atomic mass is 32.1. The number of thiazole rings is 1. The van der Waals surface area contributed by atoms with Crippen LogP contribution in [0.4, 0.5) is 0 Å². The number of ether oxygens (including phenoxy) is 4. The van der Waals surface area contributed by atoms with Crippen LogP contribution in [-0.4, -0.2) is 36.3 Å². The van der Waals surface area contributed by atoms with E-state index in [0.29, 0.717) is 56.6 Å². The van der Waals surface area contributed by atoms with E-state index in [9.17, 15) is 14.4 Å². The van der Waals surface area contributed by atoms with E-state index in [1.807, 2.05) is 19.9 Å². The molecule has 1 aliphatic rings. The van der Waals surface area contributed by atoms with E-state index >= 15 is 0 Å².